The van der Waals surface area contributed by atoms with Gasteiger partial charge in [0.1, 0.15) is 23.4 Å². The van der Waals surface area contributed by atoms with Crippen molar-refractivity contribution in [2.75, 3.05) is 5.73 Å². The van der Waals surface area contributed by atoms with Gasteiger partial charge in [-0.05, 0) is 45.9 Å². The van der Waals surface area contributed by atoms with Gasteiger partial charge in [-0.1, -0.05) is 18.2 Å². The normalized spacial score (nSPS) is 25.1. The molecule has 3 N–H and O–H groups in total. The quantitative estimate of drug-likeness (QED) is 0.266. The molecule has 0 saturated carbocycles. The minimum absolute atomic E-state index is 0.238. The maximum absolute atomic E-state index is 14.0. The van der Waals surface area contributed by atoms with E-state index in [1.807, 2.05) is 0 Å². The lowest BCUT2D eigenvalue weighted by Gasteiger charge is -2.29. The van der Waals surface area contributed by atoms with Gasteiger partial charge in [-0.3, -0.25) is 13.9 Å². The Bertz CT molecular complexity index is 1430. The highest BCUT2D eigenvalue weighted by molar-refractivity contribution is 7.52. The van der Waals surface area contributed by atoms with Crippen molar-refractivity contribution in [3.05, 3.63) is 48.9 Å². The number of imidazole rings is 1. The fraction of sp³-hybridized carbons (Fsp3) is 0.440. The lowest BCUT2D eigenvalue weighted by atomic mass is 10.1. The molecule has 2 aromatic heterocycles. The maximum Gasteiger partial charge on any atom is 0.509 e. The highest BCUT2D eigenvalue weighted by Gasteiger charge is 2.58. The van der Waals surface area contributed by atoms with Gasteiger partial charge in [0.05, 0.1) is 24.2 Å². The van der Waals surface area contributed by atoms with Crippen LogP contribution in [0.25, 0.3) is 11.2 Å². The number of pyridine rings is 1. The lowest BCUT2D eigenvalue weighted by Crippen LogP contribution is -2.41. The van der Waals surface area contributed by atoms with E-state index < -0.39 is 56.6 Å². The van der Waals surface area contributed by atoms with Crippen molar-refractivity contribution in [3.63, 3.8) is 0 Å². The predicted molar refractivity (Wildman–Crippen MR) is 140 cm³/mol. The summed E-state index contributed by atoms with van der Waals surface area (Å²) < 4.78 is 49.6. The second-order valence-corrected chi connectivity index (χ2v) is 11.3. The molecular formula is C25H30N5O9P. The van der Waals surface area contributed by atoms with E-state index in [1.165, 1.54) is 19.4 Å². The largest absolute Gasteiger partial charge is 0.509 e. The van der Waals surface area contributed by atoms with Crippen LogP contribution in [0.5, 0.6) is 5.75 Å². The van der Waals surface area contributed by atoms with Crippen molar-refractivity contribution in [3.8, 4) is 5.75 Å². The van der Waals surface area contributed by atoms with E-state index in [-0.39, 0.29) is 11.9 Å². The van der Waals surface area contributed by atoms with E-state index in [2.05, 4.69) is 15.1 Å². The number of anilines is 1. The van der Waals surface area contributed by atoms with Gasteiger partial charge < -0.3 is 29.2 Å². The molecule has 2 fully saturated rings. The van der Waals surface area contributed by atoms with Gasteiger partial charge in [0.25, 0.3) is 0 Å². The topological polar surface area (TPSA) is 175 Å². The van der Waals surface area contributed by atoms with Crippen LogP contribution in [-0.2, 0) is 32.8 Å². The number of aromatic nitrogens is 3. The standard InChI is InChI=1S/C25H30N5O9P/c1-13(2)34-24(31)14(3)29-40(33,39-16-8-6-5-7-9-16)38-15(4)19-20-21(37-25(32)36-20)23(35-19)30-12-28-18-17(26)10-11-27-22(18)30/h5-15,19-21,23H,1-4H3,(H2,26,27)(H,29,33)/t14?,15?,19-,20?,21?,23-,40?/m1/s1. The first-order chi connectivity index (χ1) is 19.0. The molecule has 5 unspecified atom stereocenters. The third-order valence-electron chi connectivity index (χ3n) is 6.25. The van der Waals surface area contributed by atoms with Gasteiger partial charge in [-0.15, -0.1) is 0 Å². The number of fused-ring (bicyclic) bond motifs is 2. The van der Waals surface area contributed by atoms with E-state index >= 15 is 0 Å². The molecule has 0 amide bonds. The van der Waals surface area contributed by atoms with Crippen molar-refractivity contribution in [2.45, 2.75) is 70.5 Å². The van der Waals surface area contributed by atoms with Crippen molar-refractivity contribution in [1.82, 2.24) is 19.6 Å². The lowest BCUT2D eigenvalue weighted by molar-refractivity contribution is -0.149. The zero-order chi connectivity index (χ0) is 28.6. The van der Waals surface area contributed by atoms with E-state index in [4.69, 9.17) is 33.7 Å². The first-order valence-electron chi connectivity index (χ1n) is 12.7. The Morgan fingerprint density at radius 3 is 2.55 bits per heavy atom. The van der Waals surface area contributed by atoms with Crippen molar-refractivity contribution >= 4 is 36.7 Å². The van der Waals surface area contributed by atoms with Gasteiger partial charge >= 0.3 is 19.9 Å². The molecule has 14 nitrogen and oxygen atoms in total. The van der Waals surface area contributed by atoms with E-state index in [9.17, 15) is 14.2 Å². The zero-order valence-electron chi connectivity index (χ0n) is 22.2. The Morgan fingerprint density at radius 1 is 1.10 bits per heavy atom. The molecule has 2 aliphatic heterocycles. The van der Waals surface area contributed by atoms with Crippen LogP contribution in [0.4, 0.5) is 10.5 Å². The Labute approximate surface area is 229 Å². The number of nitrogens with two attached hydrogens (primary N) is 1. The molecule has 2 saturated heterocycles. The third kappa shape index (κ3) is 5.61. The fourth-order valence-corrected chi connectivity index (χ4v) is 6.21. The number of esters is 1. The zero-order valence-corrected chi connectivity index (χ0v) is 23.1. The monoisotopic (exact) mass is 575 g/mol. The third-order valence-corrected chi connectivity index (χ3v) is 8.01. The molecule has 0 spiro atoms. The summed E-state index contributed by atoms with van der Waals surface area (Å²) in [5, 5.41) is 2.64. The Morgan fingerprint density at radius 2 is 1.82 bits per heavy atom. The summed E-state index contributed by atoms with van der Waals surface area (Å²) in [6.07, 6.45) is -2.90. The number of rotatable bonds is 10. The van der Waals surface area contributed by atoms with Crippen LogP contribution in [0.2, 0.25) is 0 Å². The number of para-hydroxylation sites is 1. The molecule has 0 aliphatic carbocycles. The number of benzene rings is 1. The molecule has 0 bridgehead atoms. The number of nitrogens with one attached hydrogen (secondary N) is 1. The molecule has 15 heteroatoms. The van der Waals surface area contributed by atoms with Crippen LogP contribution in [0.1, 0.15) is 33.9 Å². The van der Waals surface area contributed by atoms with E-state index in [0.29, 0.717) is 16.9 Å². The smallest absolute Gasteiger partial charge is 0.462 e. The van der Waals surface area contributed by atoms with Crippen LogP contribution in [0.3, 0.4) is 0 Å². The highest BCUT2D eigenvalue weighted by Crippen LogP contribution is 2.49. The molecule has 3 aromatic rings. The van der Waals surface area contributed by atoms with Crippen LogP contribution in [0.15, 0.2) is 48.9 Å². The second-order valence-electron chi connectivity index (χ2n) is 9.68. The van der Waals surface area contributed by atoms with E-state index in [1.54, 1.807) is 61.7 Å². The average molecular weight is 576 g/mol. The minimum Gasteiger partial charge on any atom is -0.462 e. The van der Waals surface area contributed by atoms with Crippen LogP contribution >= 0.6 is 7.75 Å². The van der Waals surface area contributed by atoms with Crippen molar-refractivity contribution in [1.29, 1.82) is 0 Å². The minimum atomic E-state index is -4.24. The van der Waals surface area contributed by atoms with Crippen LogP contribution in [0, 0.1) is 0 Å². The molecule has 214 valence electrons. The summed E-state index contributed by atoms with van der Waals surface area (Å²) in [5.74, 6) is -0.403. The summed E-state index contributed by atoms with van der Waals surface area (Å²) in [4.78, 5) is 33.3. The predicted octanol–water partition coefficient (Wildman–Crippen LogP) is 3.34. The molecular weight excluding hydrogens is 545 g/mol. The summed E-state index contributed by atoms with van der Waals surface area (Å²) in [6, 6.07) is 8.90. The first kappa shape index (κ1) is 27.8. The summed E-state index contributed by atoms with van der Waals surface area (Å²) in [6.45, 7) is 6.46. The molecule has 0 radical (unpaired) electrons. The molecule has 1 aromatic carbocycles. The number of hydrogen-bond donors (Lipinski definition) is 2. The number of carbonyl (C=O) groups is 2. The number of ether oxygens (including phenoxy) is 4. The number of nitrogens with zero attached hydrogens (tertiary/aromatic N) is 3. The average Bonchev–Trinajstić information content (AvgIpc) is 3.57. The molecule has 7 atom stereocenters. The number of nitrogen functional groups attached to an aromatic ring is 1. The molecule has 5 rings (SSSR count). The van der Waals surface area contributed by atoms with E-state index in [0.717, 1.165) is 0 Å². The SMILES string of the molecule is CC(C)OC(=O)C(C)NP(=O)(Oc1ccccc1)OC(C)[C@H]1O[C@@H](n2cnc3c(N)ccnc32)C2OC(=O)OC21. The summed E-state index contributed by atoms with van der Waals surface area (Å²) >= 11 is 0. The maximum atomic E-state index is 14.0. The first-order valence-corrected chi connectivity index (χ1v) is 14.2. The van der Waals surface area contributed by atoms with Gasteiger partial charge in [0, 0.05) is 6.20 Å². The fourth-order valence-electron chi connectivity index (χ4n) is 4.52. The molecule has 2 aliphatic rings. The Balaban J connectivity index is 1.40. The van der Waals surface area contributed by atoms with Crippen molar-refractivity contribution < 1.29 is 42.1 Å². The van der Waals surface area contributed by atoms with Gasteiger partial charge in [-0.2, -0.15) is 5.09 Å². The Hall–Kier alpha value is -3.71. The Kier molecular flexibility index (Phi) is 7.69. The van der Waals surface area contributed by atoms with Gasteiger partial charge in [-0.25, -0.2) is 19.3 Å². The van der Waals surface area contributed by atoms with Gasteiger partial charge in [0.2, 0.25) is 0 Å². The summed E-state index contributed by atoms with van der Waals surface area (Å²) in [7, 11) is -4.24. The van der Waals surface area contributed by atoms with Crippen LogP contribution in [-0.4, -0.2) is 63.2 Å². The van der Waals surface area contributed by atoms with Crippen molar-refractivity contribution in [2.24, 2.45) is 0 Å². The second kappa shape index (κ2) is 11.0. The van der Waals surface area contributed by atoms with Gasteiger partial charge in [0.15, 0.2) is 24.1 Å². The number of carbonyl (C=O) groups excluding carboxylic acids is 2. The summed E-state index contributed by atoms with van der Waals surface area (Å²) in [5.41, 5.74) is 7.31. The molecule has 4 heterocycles. The number of hydrogen-bond acceptors (Lipinski definition) is 12. The van der Waals surface area contributed by atoms with Crippen LogP contribution < -0.4 is 15.3 Å². The highest BCUT2D eigenvalue weighted by atomic mass is 31.2. The molecule has 40 heavy (non-hydrogen) atoms.